The number of hydrogen-bond acceptors (Lipinski definition) is 5. The first-order chi connectivity index (χ1) is 9.76. The molecule has 3 rings (SSSR count). The first-order valence-electron chi connectivity index (χ1n) is 7.05. The predicted octanol–water partition coefficient (Wildman–Crippen LogP) is 1.64. The minimum absolute atomic E-state index is 0.247. The monoisotopic (exact) mass is 269 g/mol. The third-order valence-corrected chi connectivity index (χ3v) is 3.58. The lowest BCUT2D eigenvalue weighted by Crippen LogP contribution is -2.27. The molecule has 1 aliphatic heterocycles. The van der Waals surface area contributed by atoms with E-state index in [2.05, 4.69) is 26.8 Å². The maximum Gasteiger partial charge on any atom is 0.132 e. The van der Waals surface area contributed by atoms with E-state index in [-0.39, 0.29) is 6.04 Å². The van der Waals surface area contributed by atoms with E-state index in [4.69, 9.17) is 5.73 Å². The van der Waals surface area contributed by atoms with Crippen LogP contribution >= 0.6 is 0 Å². The van der Waals surface area contributed by atoms with Crippen molar-refractivity contribution in [1.29, 1.82) is 0 Å². The molecule has 0 amide bonds. The molecule has 3 heterocycles. The number of aryl methyl sites for hydroxylation is 1. The Morgan fingerprint density at radius 3 is 2.95 bits per heavy atom. The van der Waals surface area contributed by atoms with Crippen LogP contribution in [-0.4, -0.2) is 34.1 Å². The van der Waals surface area contributed by atoms with Crippen molar-refractivity contribution < 1.29 is 0 Å². The van der Waals surface area contributed by atoms with E-state index in [0.29, 0.717) is 0 Å². The molecular formula is C15H19N5. The second-order valence-corrected chi connectivity index (χ2v) is 5.12. The molecule has 1 atom stereocenters. The Kier molecular flexibility index (Phi) is 3.60. The summed E-state index contributed by atoms with van der Waals surface area (Å²) in [6.07, 6.45) is 5.45. The molecule has 0 radical (unpaired) electrons. The second kappa shape index (κ2) is 5.54. The van der Waals surface area contributed by atoms with Gasteiger partial charge in [0.05, 0.1) is 5.69 Å². The van der Waals surface area contributed by atoms with Crippen LogP contribution in [0.2, 0.25) is 0 Å². The van der Waals surface area contributed by atoms with Crippen LogP contribution in [0, 0.1) is 0 Å². The van der Waals surface area contributed by atoms with Gasteiger partial charge >= 0.3 is 0 Å². The molecule has 2 N–H and O–H groups in total. The van der Waals surface area contributed by atoms with Crippen molar-refractivity contribution >= 4 is 5.82 Å². The second-order valence-electron chi connectivity index (χ2n) is 5.12. The smallest absolute Gasteiger partial charge is 0.132 e. The number of aromatic nitrogens is 3. The van der Waals surface area contributed by atoms with E-state index in [1.165, 1.54) is 0 Å². The van der Waals surface area contributed by atoms with Gasteiger partial charge < -0.3 is 10.6 Å². The topological polar surface area (TPSA) is 67.9 Å². The number of pyridine rings is 1. The van der Waals surface area contributed by atoms with Gasteiger partial charge in [-0.25, -0.2) is 9.97 Å². The highest BCUT2D eigenvalue weighted by Gasteiger charge is 2.21. The van der Waals surface area contributed by atoms with Crippen LogP contribution in [0.5, 0.6) is 0 Å². The van der Waals surface area contributed by atoms with E-state index in [9.17, 15) is 0 Å². The number of anilines is 1. The lowest BCUT2D eigenvalue weighted by atomic mass is 10.2. The fraction of sp³-hybridized carbons (Fsp3) is 0.400. The van der Waals surface area contributed by atoms with Crippen molar-refractivity contribution in [3.05, 3.63) is 36.4 Å². The van der Waals surface area contributed by atoms with E-state index < -0.39 is 0 Å². The maximum absolute atomic E-state index is 5.99. The molecule has 1 fully saturated rings. The Balaban J connectivity index is 1.99. The van der Waals surface area contributed by atoms with E-state index in [0.717, 1.165) is 48.8 Å². The molecule has 2 aromatic heterocycles. The van der Waals surface area contributed by atoms with Crippen molar-refractivity contribution in [2.24, 2.45) is 5.73 Å². The lowest BCUT2D eigenvalue weighted by molar-refractivity contribution is 0.751. The number of nitrogens with two attached hydrogens (primary N) is 1. The van der Waals surface area contributed by atoms with Crippen molar-refractivity contribution in [3.8, 4) is 11.3 Å². The summed E-state index contributed by atoms with van der Waals surface area (Å²) < 4.78 is 0. The molecule has 5 heteroatoms. The zero-order chi connectivity index (χ0) is 13.9. The molecule has 1 saturated heterocycles. The van der Waals surface area contributed by atoms with Gasteiger partial charge in [-0.15, -0.1) is 0 Å². The maximum atomic E-state index is 5.99. The third-order valence-electron chi connectivity index (χ3n) is 3.58. The fourth-order valence-electron chi connectivity index (χ4n) is 2.46. The first kappa shape index (κ1) is 13.0. The SMILES string of the molecule is CCc1nc(-c2cccnc2)cc(N2CCC(N)C2)n1. The summed E-state index contributed by atoms with van der Waals surface area (Å²) in [5, 5.41) is 0. The Morgan fingerprint density at radius 1 is 1.40 bits per heavy atom. The third kappa shape index (κ3) is 2.63. The standard InChI is InChI=1S/C15H19N5/c1-2-14-18-13(11-4-3-6-17-9-11)8-15(19-14)20-7-5-12(16)10-20/h3-4,6,8-9,12H,2,5,7,10,16H2,1H3. The average Bonchev–Trinajstić information content (AvgIpc) is 2.94. The van der Waals surface area contributed by atoms with E-state index >= 15 is 0 Å². The van der Waals surface area contributed by atoms with Gasteiger partial charge in [-0.1, -0.05) is 6.92 Å². The molecule has 0 aliphatic carbocycles. The Morgan fingerprint density at radius 2 is 2.30 bits per heavy atom. The highest BCUT2D eigenvalue weighted by molar-refractivity contribution is 5.62. The minimum atomic E-state index is 0.247. The van der Waals surface area contributed by atoms with Gasteiger partial charge in [0.25, 0.3) is 0 Å². The summed E-state index contributed by atoms with van der Waals surface area (Å²) in [5.41, 5.74) is 7.94. The van der Waals surface area contributed by atoms with E-state index in [1.54, 1.807) is 6.20 Å². The molecule has 0 bridgehead atoms. The highest BCUT2D eigenvalue weighted by atomic mass is 15.2. The van der Waals surface area contributed by atoms with Gasteiger partial charge in [0.2, 0.25) is 0 Å². The number of hydrogen-bond donors (Lipinski definition) is 1. The summed E-state index contributed by atoms with van der Waals surface area (Å²) in [7, 11) is 0. The van der Waals surface area contributed by atoms with Crippen LogP contribution in [0.15, 0.2) is 30.6 Å². The van der Waals surface area contributed by atoms with Gasteiger partial charge in [0, 0.05) is 49.6 Å². The number of nitrogens with zero attached hydrogens (tertiary/aromatic N) is 4. The van der Waals surface area contributed by atoms with Crippen molar-refractivity contribution in [2.45, 2.75) is 25.8 Å². The van der Waals surface area contributed by atoms with Gasteiger partial charge in [-0.05, 0) is 18.6 Å². The molecule has 5 nitrogen and oxygen atoms in total. The summed E-state index contributed by atoms with van der Waals surface area (Å²) in [4.78, 5) is 15.6. The predicted molar refractivity (Wildman–Crippen MR) is 79.4 cm³/mol. The van der Waals surface area contributed by atoms with Gasteiger partial charge in [0.15, 0.2) is 0 Å². The van der Waals surface area contributed by atoms with Crippen molar-refractivity contribution in [1.82, 2.24) is 15.0 Å². The van der Waals surface area contributed by atoms with Crippen LogP contribution in [0.1, 0.15) is 19.2 Å². The summed E-state index contributed by atoms with van der Waals surface area (Å²) in [6, 6.07) is 6.23. The molecule has 0 spiro atoms. The van der Waals surface area contributed by atoms with Crippen LogP contribution in [-0.2, 0) is 6.42 Å². The van der Waals surface area contributed by atoms with Crippen molar-refractivity contribution in [3.63, 3.8) is 0 Å². The summed E-state index contributed by atoms with van der Waals surface area (Å²) >= 11 is 0. The van der Waals surface area contributed by atoms with Gasteiger partial charge in [-0.2, -0.15) is 0 Å². The molecule has 104 valence electrons. The molecule has 1 aliphatic rings. The summed E-state index contributed by atoms with van der Waals surface area (Å²) in [5.74, 6) is 1.84. The minimum Gasteiger partial charge on any atom is -0.355 e. The normalized spacial score (nSPS) is 18.5. The van der Waals surface area contributed by atoms with Crippen LogP contribution in [0.4, 0.5) is 5.82 Å². The molecule has 1 unspecified atom stereocenters. The molecular weight excluding hydrogens is 250 g/mol. The molecule has 0 saturated carbocycles. The quantitative estimate of drug-likeness (QED) is 0.917. The van der Waals surface area contributed by atoms with Gasteiger partial charge in [-0.3, -0.25) is 4.98 Å². The number of rotatable bonds is 3. The van der Waals surface area contributed by atoms with Gasteiger partial charge in [0.1, 0.15) is 11.6 Å². The fourth-order valence-corrected chi connectivity index (χ4v) is 2.46. The largest absolute Gasteiger partial charge is 0.355 e. The Bertz CT molecular complexity index is 584. The molecule has 0 aromatic carbocycles. The van der Waals surface area contributed by atoms with Crippen molar-refractivity contribution in [2.75, 3.05) is 18.0 Å². The first-order valence-corrected chi connectivity index (χ1v) is 7.05. The van der Waals surface area contributed by atoms with Crippen LogP contribution in [0.3, 0.4) is 0 Å². The van der Waals surface area contributed by atoms with Crippen LogP contribution < -0.4 is 10.6 Å². The Hall–Kier alpha value is -2.01. The average molecular weight is 269 g/mol. The lowest BCUT2D eigenvalue weighted by Gasteiger charge is -2.18. The highest BCUT2D eigenvalue weighted by Crippen LogP contribution is 2.23. The van der Waals surface area contributed by atoms with E-state index in [1.807, 2.05) is 24.4 Å². The van der Waals surface area contributed by atoms with Crippen LogP contribution in [0.25, 0.3) is 11.3 Å². The Labute approximate surface area is 118 Å². The summed E-state index contributed by atoms with van der Waals surface area (Å²) in [6.45, 7) is 3.91. The molecule has 2 aromatic rings. The zero-order valence-electron chi connectivity index (χ0n) is 11.7. The zero-order valence-corrected chi connectivity index (χ0v) is 11.7. The molecule has 20 heavy (non-hydrogen) atoms.